The van der Waals surface area contributed by atoms with Gasteiger partial charge < -0.3 is 5.11 Å². The van der Waals surface area contributed by atoms with Gasteiger partial charge in [-0.05, 0) is 12.2 Å². The number of alkyl halides is 1. The molecule has 12 heavy (non-hydrogen) atoms. The highest BCUT2D eigenvalue weighted by atomic mass is 35.5. The van der Waals surface area contributed by atoms with Gasteiger partial charge in [0.15, 0.2) is 5.06 Å². The molecule has 1 aliphatic rings. The Hall–Kier alpha value is -0.360. The van der Waals surface area contributed by atoms with Crippen LogP contribution in [0.3, 0.4) is 0 Å². The molecule has 0 saturated heterocycles. The van der Waals surface area contributed by atoms with Crippen molar-refractivity contribution in [1.29, 1.82) is 0 Å². The maximum absolute atomic E-state index is 10.8. The van der Waals surface area contributed by atoms with Crippen molar-refractivity contribution in [1.82, 2.24) is 0 Å². The van der Waals surface area contributed by atoms with E-state index in [0.29, 0.717) is 0 Å². The standard InChI is InChI=1S/C6H8ClNO3S/c7-6(9)3-1-2-5(4-6)12(8,10)11/h1-3,9H,4H2,(H2,8,10,11). The summed E-state index contributed by atoms with van der Waals surface area (Å²) in [6.07, 6.45) is 3.77. The van der Waals surface area contributed by atoms with Crippen molar-refractivity contribution in [2.24, 2.45) is 5.14 Å². The average Bonchev–Trinajstić information content (AvgIpc) is 1.83. The number of hydrogen-bond acceptors (Lipinski definition) is 3. The molecule has 0 aliphatic heterocycles. The maximum Gasteiger partial charge on any atom is 0.234 e. The van der Waals surface area contributed by atoms with E-state index in [1.807, 2.05) is 0 Å². The van der Waals surface area contributed by atoms with Crippen LogP contribution in [0, 0.1) is 0 Å². The summed E-state index contributed by atoms with van der Waals surface area (Å²) in [6.45, 7) is 0. The molecule has 0 aromatic heterocycles. The van der Waals surface area contributed by atoms with Gasteiger partial charge in [0.25, 0.3) is 0 Å². The molecule has 0 radical (unpaired) electrons. The molecule has 0 heterocycles. The predicted molar refractivity (Wildman–Crippen MR) is 45.8 cm³/mol. The lowest BCUT2D eigenvalue weighted by molar-refractivity contribution is 0.180. The quantitative estimate of drug-likeness (QED) is 0.599. The molecule has 0 saturated carbocycles. The fraction of sp³-hybridized carbons (Fsp3) is 0.333. The van der Waals surface area contributed by atoms with Crippen LogP contribution < -0.4 is 5.14 Å². The van der Waals surface area contributed by atoms with E-state index in [1.54, 1.807) is 0 Å². The highest BCUT2D eigenvalue weighted by Crippen LogP contribution is 2.28. The first-order valence-electron chi connectivity index (χ1n) is 3.14. The van der Waals surface area contributed by atoms with Crippen LogP contribution in [0.1, 0.15) is 6.42 Å². The molecule has 1 unspecified atom stereocenters. The van der Waals surface area contributed by atoms with E-state index in [-0.39, 0.29) is 11.3 Å². The number of halogens is 1. The molecule has 0 spiro atoms. The summed E-state index contributed by atoms with van der Waals surface area (Å²) < 4.78 is 21.6. The number of nitrogens with two attached hydrogens (primary N) is 1. The van der Waals surface area contributed by atoms with Crippen LogP contribution in [0.4, 0.5) is 0 Å². The number of aliphatic hydroxyl groups is 1. The largest absolute Gasteiger partial charge is 0.371 e. The van der Waals surface area contributed by atoms with Crippen LogP contribution in [0.15, 0.2) is 23.1 Å². The van der Waals surface area contributed by atoms with Crippen LogP contribution in [0.2, 0.25) is 0 Å². The number of sulfonamides is 1. The Balaban J connectivity index is 3.00. The lowest BCUT2D eigenvalue weighted by Gasteiger charge is -2.19. The van der Waals surface area contributed by atoms with Crippen molar-refractivity contribution in [3.8, 4) is 0 Å². The van der Waals surface area contributed by atoms with Crippen LogP contribution in [-0.4, -0.2) is 18.6 Å². The minimum absolute atomic E-state index is 0.0671. The SMILES string of the molecule is NS(=O)(=O)C1=CC=CC(O)(Cl)C1. The van der Waals surface area contributed by atoms with Crippen molar-refractivity contribution in [3.05, 3.63) is 23.1 Å². The maximum atomic E-state index is 10.8. The smallest absolute Gasteiger partial charge is 0.234 e. The second-order valence-electron chi connectivity index (χ2n) is 2.53. The molecular formula is C6H8ClNO3S. The van der Waals surface area contributed by atoms with Gasteiger partial charge in [-0.3, -0.25) is 0 Å². The van der Waals surface area contributed by atoms with E-state index in [0.717, 1.165) is 0 Å². The zero-order valence-corrected chi connectivity index (χ0v) is 7.64. The number of primary sulfonamides is 1. The van der Waals surface area contributed by atoms with Crippen molar-refractivity contribution < 1.29 is 13.5 Å². The van der Waals surface area contributed by atoms with Crippen molar-refractivity contribution in [3.63, 3.8) is 0 Å². The third-order valence-electron chi connectivity index (χ3n) is 1.42. The van der Waals surface area contributed by atoms with E-state index in [2.05, 4.69) is 0 Å². The summed E-state index contributed by atoms with van der Waals surface area (Å²) >= 11 is 5.48. The van der Waals surface area contributed by atoms with Crippen LogP contribution in [0.25, 0.3) is 0 Å². The van der Waals surface area contributed by atoms with E-state index in [4.69, 9.17) is 16.7 Å². The normalized spacial score (nSPS) is 30.1. The minimum Gasteiger partial charge on any atom is -0.371 e. The lowest BCUT2D eigenvalue weighted by Crippen LogP contribution is -2.26. The zero-order chi connectivity index (χ0) is 9.41. The van der Waals surface area contributed by atoms with E-state index < -0.39 is 15.1 Å². The average molecular weight is 210 g/mol. The summed E-state index contributed by atoms with van der Waals surface area (Å²) in [5, 5.41) is 12.4. The monoisotopic (exact) mass is 209 g/mol. The highest BCUT2D eigenvalue weighted by molar-refractivity contribution is 7.93. The molecule has 4 nitrogen and oxygen atoms in total. The molecule has 3 N–H and O–H groups in total. The van der Waals surface area contributed by atoms with E-state index in [9.17, 15) is 13.5 Å². The molecule has 1 aliphatic carbocycles. The predicted octanol–water partition coefficient (Wildman–Crippen LogP) is 0.0461. The molecule has 1 atom stereocenters. The van der Waals surface area contributed by atoms with E-state index in [1.165, 1.54) is 18.2 Å². The van der Waals surface area contributed by atoms with E-state index >= 15 is 0 Å². The van der Waals surface area contributed by atoms with Crippen molar-refractivity contribution in [2.45, 2.75) is 11.5 Å². The Morgan fingerprint density at radius 1 is 1.67 bits per heavy atom. The van der Waals surface area contributed by atoms with Gasteiger partial charge in [-0.1, -0.05) is 17.7 Å². The fourth-order valence-electron chi connectivity index (χ4n) is 0.861. The summed E-state index contributed by atoms with van der Waals surface area (Å²) in [5.74, 6) is 0. The first-order valence-corrected chi connectivity index (χ1v) is 5.06. The molecule has 0 aromatic rings. The zero-order valence-electron chi connectivity index (χ0n) is 6.07. The second-order valence-corrected chi connectivity index (χ2v) is 4.80. The third kappa shape index (κ3) is 2.31. The number of allylic oxidation sites excluding steroid dienone is 2. The van der Waals surface area contributed by atoms with Crippen LogP contribution in [-0.2, 0) is 10.0 Å². The van der Waals surface area contributed by atoms with Crippen molar-refractivity contribution >= 4 is 21.6 Å². The minimum atomic E-state index is -3.73. The molecular weight excluding hydrogens is 202 g/mol. The van der Waals surface area contributed by atoms with Gasteiger partial charge >= 0.3 is 0 Å². The molecule has 0 fully saturated rings. The molecule has 0 bridgehead atoms. The molecule has 68 valence electrons. The van der Waals surface area contributed by atoms with Gasteiger partial charge in [0.2, 0.25) is 10.0 Å². The third-order valence-corrected chi connectivity index (χ3v) is 2.69. The van der Waals surface area contributed by atoms with Gasteiger partial charge in [-0.2, -0.15) is 0 Å². The highest BCUT2D eigenvalue weighted by Gasteiger charge is 2.28. The Bertz CT molecular complexity index is 342. The summed E-state index contributed by atoms with van der Waals surface area (Å²) in [7, 11) is -3.73. The van der Waals surface area contributed by atoms with Gasteiger partial charge in [0.05, 0.1) is 4.91 Å². The molecule has 0 amide bonds. The summed E-state index contributed by atoms with van der Waals surface area (Å²) in [6, 6.07) is 0. The Kier molecular flexibility index (Phi) is 2.31. The second kappa shape index (κ2) is 2.85. The summed E-state index contributed by atoms with van der Waals surface area (Å²) in [4.78, 5) is -0.0671. The lowest BCUT2D eigenvalue weighted by atomic mass is 10.1. The Morgan fingerprint density at radius 3 is 2.58 bits per heavy atom. The van der Waals surface area contributed by atoms with Crippen LogP contribution >= 0.6 is 11.6 Å². The first kappa shape index (κ1) is 9.73. The number of hydrogen-bond donors (Lipinski definition) is 2. The molecule has 1 rings (SSSR count). The Morgan fingerprint density at radius 2 is 2.25 bits per heavy atom. The first-order chi connectivity index (χ1) is 5.31. The molecule has 6 heteroatoms. The van der Waals surface area contributed by atoms with Crippen LogP contribution in [0.5, 0.6) is 0 Å². The van der Waals surface area contributed by atoms with Crippen molar-refractivity contribution in [2.75, 3.05) is 0 Å². The van der Waals surface area contributed by atoms with Gasteiger partial charge in [0.1, 0.15) is 0 Å². The molecule has 0 aromatic carbocycles. The topological polar surface area (TPSA) is 80.4 Å². The summed E-state index contributed by atoms with van der Waals surface area (Å²) in [5.41, 5.74) is 0. The Labute approximate surface area is 75.4 Å². The van der Waals surface area contributed by atoms with Gasteiger partial charge in [-0.15, -0.1) is 0 Å². The van der Waals surface area contributed by atoms with Gasteiger partial charge in [-0.25, -0.2) is 13.6 Å². The number of rotatable bonds is 1. The van der Waals surface area contributed by atoms with Gasteiger partial charge in [0, 0.05) is 6.42 Å². The fourth-order valence-corrected chi connectivity index (χ4v) is 1.85.